The SMILES string of the molecule is CN(C)C(=O)CCNc1nc(-c2ccc(N)nc2)nc(N2CCOCC2)n1. The van der Waals surface area contributed by atoms with Crippen molar-refractivity contribution in [2.75, 3.05) is 62.9 Å². The molecule has 10 heteroatoms. The summed E-state index contributed by atoms with van der Waals surface area (Å²) in [6, 6.07) is 3.52. The third-order valence-corrected chi connectivity index (χ3v) is 4.08. The van der Waals surface area contributed by atoms with Crippen molar-refractivity contribution in [2.45, 2.75) is 6.42 Å². The monoisotopic (exact) mass is 372 g/mol. The van der Waals surface area contributed by atoms with Crippen LogP contribution in [0.4, 0.5) is 17.7 Å². The highest BCUT2D eigenvalue weighted by molar-refractivity contribution is 5.76. The van der Waals surface area contributed by atoms with Gasteiger partial charge in [-0.3, -0.25) is 4.79 Å². The molecule has 3 rings (SSSR count). The molecule has 0 bridgehead atoms. The first-order valence-electron chi connectivity index (χ1n) is 8.77. The van der Waals surface area contributed by atoms with Gasteiger partial charge in [0.25, 0.3) is 0 Å². The van der Waals surface area contributed by atoms with E-state index in [1.807, 2.05) is 6.07 Å². The Morgan fingerprint density at radius 2 is 2.04 bits per heavy atom. The number of carbonyl (C=O) groups excluding carboxylic acids is 1. The molecule has 10 nitrogen and oxygen atoms in total. The topological polar surface area (TPSA) is 122 Å². The number of hydrogen-bond acceptors (Lipinski definition) is 9. The van der Waals surface area contributed by atoms with Crippen molar-refractivity contribution < 1.29 is 9.53 Å². The summed E-state index contributed by atoms with van der Waals surface area (Å²) in [6.45, 7) is 3.11. The number of morpholine rings is 1. The minimum absolute atomic E-state index is 0.0351. The summed E-state index contributed by atoms with van der Waals surface area (Å²) in [7, 11) is 3.46. The van der Waals surface area contributed by atoms with Gasteiger partial charge in [-0.05, 0) is 12.1 Å². The standard InChI is InChI=1S/C17H24N8O2/c1-24(2)14(26)5-6-19-16-21-15(12-3-4-13(18)20-11-12)22-17(23-16)25-7-9-27-10-8-25/h3-4,11H,5-10H2,1-2H3,(H2,18,20)(H,19,21,22,23). The normalized spacial score (nSPS) is 14.1. The highest BCUT2D eigenvalue weighted by atomic mass is 16.5. The number of carbonyl (C=O) groups is 1. The molecule has 1 amide bonds. The lowest BCUT2D eigenvalue weighted by molar-refractivity contribution is -0.128. The second kappa shape index (κ2) is 8.58. The predicted octanol–water partition coefficient (Wildman–Crippen LogP) is 0.243. The van der Waals surface area contributed by atoms with Crippen LogP contribution in [0.1, 0.15) is 6.42 Å². The number of nitrogens with one attached hydrogen (secondary N) is 1. The molecule has 144 valence electrons. The molecule has 2 aromatic rings. The Hall–Kier alpha value is -3.01. The van der Waals surface area contributed by atoms with Crippen molar-refractivity contribution in [3.63, 3.8) is 0 Å². The van der Waals surface area contributed by atoms with Gasteiger partial charge in [-0.15, -0.1) is 0 Å². The minimum Gasteiger partial charge on any atom is -0.384 e. The van der Waals surface area contributed by atoms with E-state index < -0.39 is 0 Å². The first-order valence-corrected chi connectivity index (χ1v) is 8.77. The largest absolute Gasteiger partial charge is 0.384 e. The van der Waals surface area contributed by atoms with E-state index >= 15 is 0 Å². The van der Waals surface area contributed by atoms with Crippen LogP contribution in [0.5, 0.6) is 0 Å². The zero-order valence-electron chi connectivity index (χ0n) is 15.6. The lowest BCUT2D eigenvalue weighted by Crippen LogP contribution is -2.37. The summed E-state index contributed by atoms with van der Waals surface area (Å²) >= 11 is 0. The quantitative estimate of drug-likeness (QED) is 0.734. The van der Waals surface area contributed by atoms with Gasteiger partial charge in [0.05, 0.1) is 13.2 Å². The number of anilines is 3. The van der Waals surface area contributed by atoms with Gasteiger partial charge >= 0.3 is 0 Å². The smallest absolute Gasteiger partial charge is 0.230 e. The highest BCUT2D eigenvalue weighted by Crippen LogP contribution is 2.20. The van der Waals surface area contributed by atoms with Gasteiger partial charge in [0.15, 0.2) is 5.82 Å². The first kappa shape index (κ1) is 18.8. The number of hydrogen-bond donors (Lipinski definition) is 2. The van der Waals surface area contributed by atoms with Crippen molar-refractivity contribution in [3.8, 4) is 11.4 Å². The fourth-order valence-corrected chi connectivity index (χ4v) is 2.52. The maximum absolute atomic E-state index is 11.8. The lowest BCUT2D eigenvalue weighted by atomic mass is 10.2. The summed E-state index contributed by atoms with van der Waals surface area (Å²) < 4.78 is 5.40. The number of nitrogens with zero attached hydrogens (tertiary/aromatic N) is 6. The van der Waals surface area contributed by atoms with E-state index in [2.05, 4.69) is 30.2 Å². The molecule has 0 unspecified atom stereocenters. The number of amides is 1. The molecule has 0 aromatic carbocycles. The Labute approximate surface area is 157 Å². The van der Waals surface area contributed by atoms with Crippen molar-refractivity contribution >= 4 is 23.6 Å². The molecule has 0 aliphatic carbocycles. The Morgan fingerprint density at radius 3 is 2.70 bits per heavy atom. The summed E-state index contributed by atoms with van der Waals surface area (Å²) in [6.07, 6.45) is 1.98. The lowest BCUT2D eigenvalue weighted by Gasteiger charge is -2.27. The zero-order chi connectivity index (χ0) is 19.2. The van der Waals surface area contributed by atoms with Crippen LogP contribution in [0.15, 0.2) is 18.3 Å². The van der Waals surface area contributed by atoms with Gasteiger partial charge in [-0.25, -0.2) is 4.98 Å². The maximum Gasteiger partial charge on any atom is 0.230 e. The van der Waals surface area contributed by atoms with Gasteiger partial charge in [0.2, 0.25) is 17.8 Å². The van der Waals surface area contributed by atoms with E-state index in [-0.39, 0.29) is 5.91 Å². The summed E-state index contributed by atoms with van der Waals surface area (Å²) in [4.78, 5) is 33.0. The molecule has 2 aromatic heterocycles. The Kier molecular flexibility index (Phi) is 5.97. The highest BCUT2D eigenvalue weighted by Gasteiger charge is 2.17. The van der Waals surface area contributed by atoms with E-state index in [1.165, 1.54) is 0 Å². The Balaban J connectivity index is 1.83. The fraction of sp³-hybridized carbons (Fsp3) is 0.471. The van der Waals surface area contributed by atoms with Crippen molar-refractivity contribution in [1.82, 2.24) is 24.8 Å². The van der Waals surface area contributed by atoms with Crippen LogP contribution in [0, 0.1) is 0 Å². The number of nitrogen functional groups attached to an aromatic ring is 1. The number of nitrogens with two attached hydrogens (primary N) is 1. The van der Waals surface area contributed by atoms with Gasteiger partial charge < -0.3 is 25.6 Å². The molecule has 3 heterocycles. The molecule has 0 saturated carbocycles. The molecule has 0 spiro atoms. The molecule has 0 radical (unpaired) electrons. The zero-order valence-corrected chi connectivity index (χ0v) is 15.6. The number of pyridine rings is 1. The summed E-state index contributed by atoms with van der Waals surface area (Å²) in [5, 5.41) is 3.12. The van der Waals surface area contributed by atoms with Crippen LogP contribution < -0.4 is 16.0 Å². The second-order valence-electron chi connectivity index (χ2n) is 6.32. The van der Waals surface area contributed by atoms with Crippen molar-refractivity contribution in [3.05, 3.63) is 18.3 Å². The van der Waals surface area contributed by atoms with Gasteiger partial charge in [-0.2, -0.15) is 15.0 Å². The van der Waals surface area contributed by atoms with Gasteiger partial charge in [0, 0.05) is 51.9 Å². The van der Waals surface area contributed by atoms with Crippen LogP contribution in [0.25, 0.3) is 11.4 Å². The van der Waals surface area contributed by atoms with E-state index in [0.717, 1.165) is 5.56 Å². The van der Waals surface area contributed by atoms with Crippen LogP contribution >= 0.6 is 0 Å². The fourth-order valence-electron chi connectivity index (χ4n) is 2.52. The maximum atomic E-state index is 11.8. The summed E-state index contributed by atoms with van der Waals surface area (Å²) in [5.74, 6) is 1.96. The van der Waals surface area contributed by atoms with Crippen LogP contribution in [0.3, 0.4) is 0 Å². The number of rotatable bonds is 6. The average molecular weight is 372 g/mol. The number of aromatic nitrogens is 4. The summed E-state index contributed by atoms with van der Waals surface area (Å²) in [5.41, 5.74) is 6.41. The molecule has 3 N–H and O–H groups in total. The molecule has 1 aliphatic rings. The molecular weight excluding hydrogens is 348 g/mol. The van der Waals surface area contributed by atoms with Gasteiger partial charge in [-0.1, -0.05) is 0 Å². The minimum atomic E-state index is 0.0351. The van der Waals surface area contributed by atoms with E-state index in [4.69, 9.17) is 10.5 Å². The average Bonchev–Trinajstić information content (AvgIpc) is 2.69. The van der Waals surface area contributed by atoms with E-state index in [1.54, 1.807) is 31.3 Å². The number of ether oxygens (including phenoxy) is 1. The first-order chi connectivity index (χ1) is 13.0. The van der Waals surface area contributed by atoms with Crippen LogP contribution in [0.2, 0.25) is 0 Å². The Bertz CT molecular complexity index is 775. The van der Waals surface area contributed by atoms with E-state index in [9.17, 15) is 4.79 Å². The van der Waals surface area contributed by atoms with E-state index in [0.29, 0.717) is 62.8 Å². The third kappa shape index (κ3) is 5.00. The Morgan fingerprint density at radius 1 is 1.26 bits per heavy atom. The predicted molar refractivity (Wildman–Crippen MR) is 102 cm³/mol. The molecule has 27 heavy (non-hydrogen) atoms. The molecular formula is C17H24N8O2. The molecule has 0 atom stereocenters. The third-order valence-electron chi connectivity index (χ3n) is 4.08. The molecule has 1 saturated heterocycles. The molecule has 1 aliphatic heterocycles. The van der Waals surface area contributed by atoms with Crippen LogP contribution in [-0.4, -0.2) is 77.7 Å². The molecule has 1 fully saturated rings. The van der Waals surface area contributed by atoms with Crippen LogP contribution in [-0.2, 0) is 9.53 Å². The van der Waals surface area contributed by atoms with Gasteiger partial charge in [0.1, 0.15) is 5.82 Å². The second-order valence-corrected chi connectivity index (χ2v) is 6.32. The van der Waals surface area contributed by atoms with Crippen molar-refractivity contribution in [2.24, 2.45) is 0 Å². The van der Waals surface area contributed by atoms with Crippen molar-refractivity contribution in [1.29, 1.82) is 0 Å².